The molecule has 2 aromatic carbocycles. The Bertz CT molecular complexity index is 858. The molecule has 0 radical (unpaired) electrons. The molecule has 1 aliphatic heterocycles. The van der Waals surface area contributed by atoms with Crippen molar-refractivity contribution in [1.82, 2.24) is 9.80 Å². The maximum absolute atomic E-state index is 12.7. The number of hydrogen-bond donors (Lipinski definition) is 1. The van der Waals surface area contributed by atoms with Gasteiger partial charge in [-0.3, -0.25) is 9.59 Å². The van der Waals surface area contributed by atoms with Crippen LogP contribution in [0.4, 0.5) is 0 Å². The molecule has 0 saturated carbocycles. The Hall–Kier alpha value is -2.86. The number of likely N-dealkylation sites (N-methyl/N-ethyl adjacent to an activating group) is 1. The Balaban J connectivity index is 1.43. The standard InChI is InChI=1S/C24H31N3O3/c1-19-5-4-6-21(15-19)17-26-11-13-27(14-12-26)24(29)18-25(2)23(28)16-20-7-9-22(30-3)10-8-20/h4-10,15H,11-14,16-18H2,1-3H3/p+1. The lowest BCUT2D eigenvalue weighted by atomic mass is 10.1. The average molecular weight is 411 g/mol. The topological polar surface area (TPSA) is 54.3 Å². The van der Waals surface area contributed by atoms with Crippen molar-refractivity contribution in [2.24, 2.45) is 0 Å². The first-order valence-electron chi connectivity index (χ1n) is 10.5. The van der Waals surface area contributed by atoms with Gasteiger partial charge < -0.3 is 19.4 Å². The lowest BCUT2D eigenvalue weighted by Gasteiger charge is -2.33. The van der Waals surface area contributed by atoms with Crippen LogP contribution in [0.25, 0.3) is 0 Å². The van der Waals surface area contributed by atoms with Crippen LogP contribution in [0.1, 0.15) is 16.7 Å². The Labute approximate surface area is 179 Å². The zero-order valence-electron chi connectivity index (χ0n) is 18.2. The molecule has 1 fully saturated rings. The number of hydrogen-bond acceptors (Lipinski definition) is 3. The van der Waals surface area contributed by atoms with Gasteiger partial charge in [0.25, 0.3) is 0 Å². The molecule has 0 aromatic heterocycles. The van der Waals surface area contributed by atoms with E-state index < -0.39 is 0 Å². The van der Waals surface area contributed by atoms with Gasteiger partial charge in [-0.2, -0.15) is 0 Å². The van der Waals surface area contributed by atoms with Crippen LogP contribution in [0.5, 0.6) is 5.75 Å². The van der Waals surface area contributed by atoms with Crippen LogP contribution in [0.3, 0.4) is 0 Å². The minimum Gasteiger partial charge on any atom is -0.497 e. The molecular weight excluding hydrogens is 378 g/mol. The summed E-state index contributed by atoms with van der Waals surface area (Å²) in [4.78, 5) is 30.1. The SMILES string of the molecule is COc1ccc(CC(=O)N(C)CC(=O)N2CC[NH+](Cc3cccc(C)c3)CC2)cc1. The quantitative estimate of drug-likeness (QED) is 0.739. The molecule has 3 rings (SSSR count). The minimum atomic E-state index is -0.0581. The van der Waals surface area contributed by atoms with Crippen molar-refractivity contribution in [2.75, 3.05) is 46.9 Å². The Morgan fingerprint density at radius 2 is 1.77 bits per heavy atom. The average Bonchev–Trinajstić information content (AvgIpc) is 2.74. The molecule has 1 heterocycles. The van der Waals surface area contributed by atoms with E-state index in [1.54, 1.807) is 14.2 Å². The zero-order valence-corrected chi connectivity index (χ0v) is 18.2. The van der Waals surface area contributed by atoms with Crippen molar-refractivity contribution in [3.63, 3.8) is 0 Å². The number of ether oxygens (including phenoxy) is 1. The molecule has 0 atom stereocenters. The summed E-state index contributed by atoms with van der Waals surface area (Å²) in [7, 11) is 3.31. The predicted octanol–water partition coefficient (Wildman–Crippen LogP) is 0.932. The maximum Gasteiger partial charge on any atom is 0.242 e. The number of aryl methyl sites for hydroxylation is 1. The third-order valence-corrected chi connectivity index (χ3v) is 5.67. The monoisotopic (exact) mass is 410 g/mol. The van der Waals surface area contributed by atoms with Crippen molar-refractivity contribution in [2.45, 2.75) is 19.9 Å². The molecule has 2 amide bonds. The van der Waals surface area contributed by atoms with Gasteiger partial charge >= 0.3 is 0 Å². The maximum atomic E-state index is 12.7. The summed E-state index contributed by atoms with van der Waals surface area (Å²) in [5.41, 5.74) is 3.53. The molecule has 30 heavy (non-hydrogen) atoms. The highest BCUT2D eigenvalue weighted by Gasteiger charge is 2.25. The molecule has 1 N–H and O–H groups in total. The highest BCUT2D eigenvalue weighted by Crippen LogP contribution is 2.12. The second kappa shape index (κ2) is 10.3. The van der Waals surface area contributed by atoms with Gasteiger partial charge in [-0.15, -0.1) is 0 Å². The molecule has 1 aliphatic rings. The van der Waals surface area contributed by atoms with Crippen LogP contribution in [0.15, 0.2) is 48.5 Å². The number of quaternary nitrogens is 1. The molecule has 160 valence electrons. The normalized spacial score (nSPS) is 14.4. The van der Waals surface area contributed by atoms with Crippen LogP contribution in [0.2, 0.25) is 0 Å². The number of piperazine rings is 1. The van der Waals surface area contributed by atoms with Gasteiger partial charge in [0.2, 0.25) is 11.8 Å². The van der Waals surface area contributed by atoms with E-state index >= 15 is 0 Å². The molecule has 1 saturated heterocycles. The molecule has 6 heteroatoms. The molecule has 0 unspecified atom stereocenters. The highest BCUT2D eigenvalue weighted by atomic mass is 16.5. The lowest BCUT2D eigenvalue weighted by molar-refractivity contribution is -0.917. The Morgan fingerprint density at radius 3 is 2.40 bits per heavy atom. The fraction of sp³-hybridized carbons (Fsp3) is 0.417. The minimum absolute atomic E-state index is 0.0233. The predicted molar refractivity (Wildman–Crippen MR) is 116 cm³/mol. The number of nitrogens with zero attached hydrogens (tertiary/aromatic N) is 2. The summed E-state index contributed by atoms with van der Waals surface area (Å²) < 4.78 is 5.14. The molecule has 0 bridgehead atoms. The van der Waals surface area contributed by atoms with E-state index in [2.05, 4.69) is 31.2 Å². The van der Waals surface area contributed by atoms with E-state index in [0.29, 0.717) is 0 Å². The third-order valence-electron chi connectivity index (χ3n) is 5.67. The zero-order chi connectivity index (χ0) is 21.5. The van der Waals surface area contributed by atoms with Crippen molar-refractivity contribution in [3.05, 3.63) is 65.2 Å². The second-order valence-corrected chi connectivity index (χ2v) is 8.07. The molecular formula is C24H32N3O3+. The first kappa shape index (κ1) is 21.8. The number of rotatable bonds is 7. The van der Waals surface area contributed by atoms with Crippen LogP contribution in [0, 0.1) is 6.92 Å². The van der Waals surface area contributed by atoms with Crippen molar-refractivity contribution < 1.29 is 19.2 Å². The fourth-order valence-electron chi connectivity index (χ4n) is 3.80. The van der Waals surface area contributed by atoms with E-state index in [1.165, 1.54) is 20.9 Å². The van der Waals surface area contributed by atoms with E-state index in [4.69, 9.17) is 4.74 Å². The van der Waals surface area contributed by atoms with Crippen molar-refractivity contribution in [3.8, 4) is 5.75 Å². The first-order chi connectivity index (χ1) is 14.4. The molecule has 0 spiro atoms. The van der Waals surface area contributed by atoms with Crippen LogP contribution in [-0.4, -0.2) is 68.5 Å². The van der Waals surface area contributed by atoms with Crippen LogP contribution in [-0.2, 0) is 22.6 Å². The summed E-state index contributed by atoms with van der Waals surface area (Å²) in [6, 6.07) is 16.0. The van der Waals surface area contributed by atoms with Gasteiger partial charge in [0.05, 0.1) is 46.3 Å². The van der Waals surface area contributed by atoms with Gasteiger partial charge in [-0.1, -0.05) is 42.0 Å². The second-order valence-electron chi connectivity index (χ2n) is 8.07. The smallest absolute Gasteiger partial charge is 0.242 e. The van der Waals surface area contributed by atoms with E-state index in [1.807, 2.05) is 29.2 Å². The molecule has 0 aliphatic carbocycles. The van der Waals surface area contributed by atoms with E-state index in [-0.39, 0.29) is 24.8 Å². The number of carbonyl (C=O) groups is 2. The summed E-state index contributed by atoms with van der Waals surface area (Å²) in [5, 5.41) is 0. The van der Waals surface area contributed by atoms with Crippen LogP contribution >= 0.6 is 0 Å². The van der Waals surface area contributed by atoms with Crippen molar-refractivity contribution >= 4 is 11.8 Å². The lowest BCUT2D eigenvalue weighted by Crippen LogP contribution is -3.13. The van der Waals surface area contributed by atoms with Crippen molar-refractivity contribution in [1.29, 1.82) is 0 Å². The number of benzene rings is 2. The number of nitrogens with one attached hydrogen (secondary N) is 1. The van der Waals surface area contributed by atoms with Gasteiger partial charge in [0.15, 0.2) is 0 Å². The van der Waals surface area contributed by atoms with Crippen LogP contribution < -0.4 is 9.64 Å². The summed E-state index contributed by atoms with van der Waals surface area (Å²) in [6.45, 7) is 6.57. The van der Waals surface area contributed by atoms with Gasteiger partial charge in [0.1, 0.15) is 12.3 Å². The number of methoxy groups -OCH3 is 1. The summed E-state index contributed by atoms with van der Waals surface area (Å²) in [5.74, 6) is 0.728. The highest BCUT2D eigenvalue weighted by molar-refractivity contribution is 5.85. The molecule has 2 aromatic rings. The van der Waals surface area contributed by atoms with Gasteiger partial charge in [-0.05, 0) is 24.6 Å². The number of amides is 2. The number of carbonyl (C=O) groups excluding carboxylic acids is 2. The summed E-state index contributed by atoms with van der Waals surface area (Å²) >= 11 is 0. The largest absolute Gasteiger partial charge is 0.497 e. The Morgan fingerprint density at radius 1 is 1.07 bits per heavy atom. The first-order valence-corrected chi connectivity index (χ1v) is 10.5. The summed E-state index contributed by atoms with van der Waals surface area (Å²) in [6.07, 6.45) is 0.280. The Kier molecular flexibility index (Phi) is 7.46. The van der Waals surface area contributed by atoms with Gasteiger partial charge in [-0.25, -0.2) is 0 Å². The van der Waals surface area contributed by atoms with E-state index in [9.17, 15) is 9.59 Å². The van der Waals surface area contributed by atoms with E-state index in [0.717, 1.165) is 44.0 Å². The third kappa shape index (κ3) is 6.07. The fourth-order valence-corrected chi connectivity index (χ4v) is 3.80. The molecule has 6 nitrogen and oxygen atoms in total. The van der Waals surface area contributed by atoms with Gasteiger partial charge in [0, 0.05) is 12.6 Å².